The molecule has 86 valence electrons. The van der Waals surface area contributed by atoms with Crippen LogP contribution in [0.4, 0.5) is 0 Å². The van der Waals surface area contributed by atoms with E-state index in [-0.39, 0.29) is 5.39 Å². The molecule has 0 aliphatic heterocycles. The molecule has 0 saturated heterocycles. The van der Waals surface area contributed by atoms with E-state index in [2.05, 4.69) is 0 Å². The van der Waals surface area contributed by atoms with Gasteiger partial charge in [-0.1, -0.05) is 18.2 Å². The van der Waals surface area contributed by atoms with Gasteiger partial charge in [-0.15, -0.1) is 0 Å². The molecule has 0 saturated carbocycles. The van der Waals surface area contributed by atoms with E-state index >= 15 is 0 Å². The number of fused-ring (bicyclic) bond motifs is 3. The van der Waals surface area contributed by atoms with Crippen LogP contribution in [0.15, 0.2) is 55.6 Å². The van der Waals surface area contributed by atoms with E-state index in [4.69, 9.17) is 0 Å². The largest absolute Gasteiger partial charge is 0.286 e. The quantitative estimate of drug-likeness (QED) is 0.417. The van der Waals surface area contributed by atoms with Crippen LogP contribution in [-0.4, -0.2) is 0 Å². The molecular formula is C14H6O4. The molecule has 0 unspecified atom stereocenters. The fourth-order valence-corrected chi connectivity index (χ4v) is 2.11. The van der Waals surface area contributed by atoms with Gasteiger partial charge in [0, 0.05) is 5.39 Å². The molecule has 0 aliphatic rings. The van der Waals surface area contributed by atoms with Crippen molar-refractivity contribution < 1.29 is 0 Å². The van der Waals surface area contributed by atoms with Crippen molar-refractivity contribution in [3.8, 4) is 0 Å². The lowest BCUT2D eigenvalue weighted by Gasteiger charge is -2.00. The van der Waals surface area contributed by atoms with E-state index in [1.807, 2.05) is 0 Å². The first-order chi connectivity index (χ1) is 8.58. The van der Waals surface area contributed by atoms with Crippen LogP contribution in [0.25, 0.3) is 21.5 Å². The van der Waals surface area contributed by atoms with Crippen LogP contribution in [0.2, 0.25) is 0 Å². The smallest absolute Gasteiger partial charge is 0.234 e. The topological polar surface area (TPSA) is 68.3 Å². The summed E-state index contributed by atoms with van der Waals surface area (Å²) in [7, 11) is 0. The van der Waals surface area contributed by atoms with Crippen molar-refractivity contribution in [2.75, 3.05) is 0 Å². The molecule has 0 amide bonds. The first-order valence-electron chi connectivity index (χ1n) is 5.29. The molecule has 4 heteroatoms. The van der Waals surface area contributed by atoms with Crippen molar-refractivity contribution >= 4 is 21.5 Å². The van der Waals surface area contributed by atoms with Gasteiger partial charge in [0.2, 0.25) is 21.7 Å². The molecule has 0 aromatic heterocycles. The summed E-state index contributed by atoms with van der Waals surface area (Å²) in [6, 6.07) is 8.37. The van der Waals surface area contributed by atoms with Crippen LogP contribution in [0.3, 0.4) is 0 Å². The van der Waals surface area contributed by atoms with Gasteiger partial charge in [-0.25, -0.2) is 0 Å². The van der Waals surface area contributed by atoms with Gasteiger partial charge in [0.25, 0.3) is 0 Å². The fraction of sp³-hybridized carbons (Fsp3) is 0. The number of hydrogen-bond acceptors (Lipinski definition) is 4. The summed E-state index contributed by atoms with van der Waals surface area (Å²) >= 11 is 0. The minimum atomic E-state index is -0.675. The second-order valence-electron chi connectivity index (χ2n) is 4.08. The number of hydrogen-bond donors (Lipinski definition) is 0. The summed E-state index contributed by atoms with van der Waals surface area (Å²) in [4.78, 5) is 45.9. The summed E-state index contributed by atoms with van der Waals surface area (Å²) in [5.41, 5.74) is -2.55. The predicted molar refractivity (Wildman–Crippen MR) is 68.9 cm³/mol. The van der Waals surface area contributed by atoms with Crippen LogP contribution in [-0.2, 0) is 0 Å². The highest BCUT2D eigenvalue weighted by atomic mass is 16.2. The Kier molecular flexibility index (Phi) is 2.01. The fourth-order valence-electron chi connectivity index (χ4n) is 2.11. The van der Waals surface area contributed by atoms with E-state index in [1.165, 1.54) is 18.2 Å². The van der Waals surface area contributed by atoms with Gasteiger partial charge in [-0.2, -0.15) is 0 Å². The molecule has 3 aromatic rings. The summed E-state index contributed by atoms with van der Waals surface area (Å²) in [5.74, 6) is 0. The lowest BCUT2D eigenvalue weighted by atomic mass is 10.0. The zero-order valence-corrected chi connectivity index (χ0v) is 9.10. The maximum absolute atomic E-state index is 11.8. The van der Waals surface area contributed by atoms with Crippen molar-refractivity contribution in [3.63, 3.8) is 0 Å². The van der Waals surface area contributed by atoms with Gasteiger partial charge >= 0.3 is 0 Å². The van der Waals surface area contributed by atoms with Crippen LogP contribution in [0.1, 0.15) is 0 Å². The third-order valence-electron chi connectivity index (χ3n) is 2.98. The molecule has 4 nitrogen and oxygen atoms in total. The molecule has 0 radical (unpaired) electrons. The van der Waals surface area contributed by atoms with Crippen molar-refractivity contribution in [2.45, 2.75) is 0 Å². The highest BCUT2D eigenvalue weighted by Gasteiger charge is 2.08. The molecule has 3 rings (SSSR count). The maximum atomic E-state index is 11.8. The Morgan fingerprint density at radius 1 is 0.611 bits per heavy atom. The summed E-state index contributed by atoms with van der Waals surface area (Å²) < 4.78 is 0. The lowest BCUT2D eigenvalue weighted by Crippen LogP contribution is -2.24. The molecule has 0 spiro atoms. The molecule has 0 atom stereocenters. The average Bonchev–Trinajstić information content (AvgIpc) is 2.35. The van der Waals surface area contributed by atoms with Gasteiger partial charge in [-0.3, -0.25) is 19.2 Å². The Morgan fingerprint density at radius 2 is 1.22 bits per heavy atom. The monoisotopic (exact) mass is 238 g/mol. The first kappa shape index (κ1) is 10.5. The summed E-state index contributed by atoms with van der Waals surface area (Å²) in [5, 5.41) is 1.65. The van der Waals surface area contributed by atoms with Gasteiger partial charge < -0.3 is 0 Å². The Morgan fingerprint density at radius 3 is 2.00 bits per heavy atom. The Labute approximate surface area is 99.4 Å². The second kappa shape index (κ2) is 3.43. The van der Waals surface area contributed by atoms with Crippen LogP contribution in [0.5, 0.6) is 0 Å². The predicted octanol–water partition coefficient (Wildman–Crippen LogP) is 0.309. The van der Waals surface area contributed by atoms with Crippen LogP contribution < -0.4 is 21.7 Å². The second-order valence-corrected chi connectivity index (χ2v) is 4.08. The van der Waals surface area contributed by atoms with Crippen molar-refractivity contribution in [1.29, 1.82) is 0 Å². The Balaban J connectivity index is 2.77. The van der Waals surface area contributed by atoms with E-state index in [0.717, 1.165) is 6.07 Å². The Bertz CT molecular complexity index is 992. The molecule has 0 fully saturated rings. The average molecular weight is 238 g/mol. The molecule has 0 N–H and O–H groups in total. The van der Waals surface area contributed by atoms with Gasteiger partial charge in [0.1, 0.15) is 0 Å². The minimum Gasteiger partial charge on any atom is -0.286 e. The van der Waals surface area contributed by atoms with Crippen molar-refractivity contribution in [3.05, 3.63) is 77.3 Å². The molecule has 0 bridgehead atoms. The SMILES string of the molecule is O=c1cc2ccc3ccc(=O)c(=O)c3c2cc1=O. The molecule has 0 aliphatic carbocycles. The van der Waals surface area contributed by atoms with Crippen molar-refractivity contribution in [2.24, 2.45) is 0 Å². The van der Waals surface area contributed by atoms with Crippen molar-refractivity contribution in [1.82, 2.24) is 0 Å². The normalized spacial score (nSPS) is 11.1. The van der Waals surface area contributed by atoms with Gasteiger partial charge in [0.15, 0.2) is 0 Å². The van der Waals surface area contributed by atoms with Gasteiger partial charge in [0.05, 0.1) is 0 Å². The summed E-state index contributed by atoms with van der Waals surface area (Å²) in [6.45, 7) is 0. The minimum absolute atomic E-state index is 0.206. The molecule has 0 heterocycles. The standard InChI is InChI=1S/C14H6O4/c15-10-4-3-7-1-2-8-5-11(16)12(17)6-9(8)13(7)14(10)18/h1-6H. The van der Waals surface area contributed by atoms with E-state index in [0.29, 0.717) is 16.2 Å². The maximum Gasteiger partial charge on any atom is 0.234 e. The van der Waals surface area contributed by atoms with Crippen LogP contribution >= 0.6 is 0 Å². The summed E-state index contributed by atoms with van der Waals surface area (Å²) in [6.07, 6.45) is 0. The van der Waals surface area contributed by atoms with E-state index in [1.54, 1.807) is 12.1 Å². The zero-order valence-electron chi connectivity index (χ0n) is 9.10. The molecular weight excluding hydrogens is 232 g/mol. The third-order valence-corrected chi connectivity index (χ3v) is 2.98. The third kappa shape index (κ3) is 1.32. The molecule has 18 heavy (non-hydrogen) atoms. The van der Waals surface area contributed by atoms with Crippen LogP contribution in [0, 0.1) is 0 Å². The highest BCUT2D eigenvalue weighted by molar-refractivity contribution is 6.07. The highest BCUT2D eigenvalue weighted by Crippen LogP contribution is 2.19. The van der Waals surface area contributed by atoms with E-state index < -0.39 is 21.7 Å². The number of benzene rings is 3. The van der Waals surface area contributed by atoms with E-state index in [9.17, 15) is 19.2 Å². The van der Waals surface area contributed by atoms with Gasteiger partial charge in [-0.05, 0) is 34.4 Å². The first-order valence-corrected chi connectivity index (χ1v) is 5.29. The zero-order chi connectivity index (χ0) is 12.9. The lowest BCUT2D eigenvalue weighted by molar-refractivity contribution is 1.51. The number of rotatable bonds is 0. The Hall–Kier alpha value is -2.62. The molecule has 3 aromatic carbocycles.